The van der Waals surface area contributed by atoms with Gasteiger partial charge in [0.25, 0.3) is 11.8 Å². The normalized spacial score (nSPS) is 13.4. The highest BCUT2D eigenvalue weighted by molar-refractivity contribution is 9.10. The zero-order valence-electron chi connectivity index (χ0n) is 17.5. The third kappa shape index (κ3) is 6.74. The van der Waals surface area contributed by atoms with Gasteiger partial charge >= 0.3 is 5.97 Å². The van der Waals surface area contributed by atoms with Crippen molar-refractivity contribution in [1.82, 2.24) is 10.6 Å². The van der Waals surface area contributed by atoms with Gasteiger partial charge in [-0.3, -0.25) is 9.59 Å². The smallest absolute Gasteiger partial charge is 0.326 e. The summed E-state index contributed by atoms with van der Waals surface area (Å²) in [6.07, 6.45) is -1.68. The van der Waals surface area contributed by atoms with Crippen molar-refractivity contribution in [3.8, 4) is 0 Å². The Morgan fingerprint density at radius 3 is 1.97 bits per heavy atom. The molecule has 7 nitrogen and oxygen atoms in total. The number of halogens is 1. The van der Waals surface area contributed by atoms with Crippen molar-refractivity contribution >= 4 is 33.7 Å². The fourth-order valence-electron chi connectivity index (χ4n) is 3.28. The first kappa shape index (κ1) is 24.2. The summed E-state index contributed by atoms with van der Waals surface area (Å²) in [5.41, 5.74) is 1.58. The van der Waals surface area contributed by atoms with Crippen LogP contribution in [0.2, 0.25) is 0 Å². The van der Waals surface area contributed by atoms with Crippen molar-refractivity contribution in [3.63, 3.8) is 0 Å². The van der Waals surface area contributed by atoms with Crippen LogP contribution in [0.3, 0.4) is 0 Å². The monoisotopic (exact) mass is 510 g/mol. The number of carboxylic acid groups (broad SMARTS) is 1. The molecule has 3 rings (SSSR count). The molecule has 0 radical (unpaired) electrons. The highest BCUT2D eigenvalue weighted by atomic mass is 79.9. The topological polar surface area (TPSA) is 116 Å². The molecule has 2 amide bonds. The van der Waals surface area contributed by atoms with Crippen LogP contribution in [0.4, 0.5) is 0 Å². The van der Waals surface area contributed by atoms with Crippen LogP contribution in [0, 0.1) is 0 Å². The van der Waals surface area contributed by atoms with Gasteiger partial charge in [0.1, 0.15) is 6.04 Å². The Bertz CT molecular complexity index is 1090. The van der Waals surface area contributed by atoms with Gasteiger partial charge < -0.3 is 20.8 Å². The molecule has 170 valence electrons. The van der Waals surface area contributed by atoms with E-state index in [9.17, 15) is 24.6 Å². The van der Waals surface area contributed by atoms with Crippen LogP contribution < -0.4 is 10.6 Å². The van der Waals surface area contributed by atoms with E-state index in [4.69, 9.17) is 0 Å². The Labute approximate surface area is 199 Å². The molecule has 33 heavy (non-hydrogen) atoms. The van der Waals surface area contributed by atoms with E-state index in [1.807, 2.05) is 0 Å². The van der Waals surface area contributed by atoms with Gasteiger partial charge in [0.05, 0.1) is 6.04 Å². The lowest BCUT2D eigenvalue weighted by Crippen LogP contribution is -2.50. The van der Waals surface area contributed by atoms with E-state index in [2.05, 4.69) is 26.6 Å². The summed E-state index contributed by atoms with van der Waals surface area (Å²) in [5, 5.41) is 25.5. The number of aliphatic hydroxyl groups excluding tert-OH is 1. The summed E-state index contributed by atoms with van der Waals surface area (Å²) in [6.45, 7) is 0. The number of nitrogens with one attached hydrogen (secondary N) is 2. The molecule has 4 N–H and O–H groups in total. The molecular formula is C25H23BrN2O5. The van der Waals surface area contributed by atoms with Crippen LogP contribution in [0.15, 0.2) is 89.4 Å². The molecule has 0 fully saturated rings. The maximum atomic E-state index is 12.9. The number of hydrogen-bond donors (Lipinski definition) is 4. The molecular weight excluding hydrogens is 488 g/mol. The number of carbonyl (C=O) groups is 3. The molecule has 0 saturated carbocycles. The summed E-state index contributed by atoms with van der Waals surface area (Å²) in [7, 11) is 0. The second-order valence-corrected chi connectivity index (χ2v) is 8.32. The highest BCUT2D eigenvalue weighted by Gasteiger charge is 2.32. The number of benzene rings is 3. The van der Waals surface area contributed by atoms with Crippen LogP contribution in [0.1, 0.15) is 27.5 Å². The molecule has 3 aromatic carbocycles. The van der Waals surface area contributed by atoms with Crippen LogP contribution in [-0.4, -0.2) is 40.1 Å². The van der Waals surface area contributed by atoms with Gasteiger partial charge in [0.2, 0.25) is 0 Å². The number of hydrogen-bond acceptors (Lipinski definition) is 4. The van der Waals surface area contributed by atoms with Crippen LogP contribution in [0.25, 0.3) is 0 Å². The minimum absolute atomic E-state index is 0.0352. The maximum Gasteiger partial charge on any atom is 0.326 e. The van der Waals surface area contributed by atoms with Crippen LogP contribution in [-0.2, 0) is 16.0 Å². The Morgan fingerprint density at radius 1 is 0.818 bits per heavy atom. The van der Waals surface area contributed by atoms with Gasteiger partial charge in [-0.15, -0.1) is 0 Å². The average Bonchev–Trinajstić information content (AvgIpc) is 2.83. The van der Waals surface area contributed by atoms with Crippen LogP contribution >= 0.6 is 15.9 Å². The number of aliphatic hydroxyl groups is 1. The lowest BCUT2D eigenvalue weighted by molar-refractivity contribution is -0.143. The first-order valence-electron chi connectivity index (χ1n) is 10.2. The second kappa shape index (κ2) is 11.4. The molecule has 8 heteroatoms. The fourth-order valence-corrected chi connectivity index (χ4v) is 3.55. The number of amides is 2. The number of carbonyl (C=O) groups excluding carboxylic acids is 2. The standard InChI is InChI=1S/C25H23BrN2O5/c26-19-13-11-16(12-14-19)15-20(25(32)33)27-24(31)22(29)21(17-7-3-1-4-8-17)28-23(30)18-9-5-2-6-10-18/h1-14,20-22,29H,15H2,(H,27,31)(H,28,30)(H,32,33)/t20-,21+,22-/m1/s1. The predicted molar refractivity (Wildman–Crippen MR) is 127 cm³/mol. The Morgan fingerprint density at radius 2 is 1.39 bits per heavy atom. The second-order valence-electron chi connectivity index (χ2n) is 7.40. The Balaban J connectivity index is 1.78. The van der Waals surface area contributed by atoms with E-state index >= 15 is 0 Å². The molecule has 0 aromatic heterocycles. The quantitative estimate of drug-likeness (QED) is 0.353. The fraction of sp³-hybridized carbons (Fsp3) is 0.160. The largest absolute Gasteiger partial charge is 0.480 e. The predicted octanol–water partition coefficient (Wildman–Crippen LogP) is 3.09. The molecule has 0 aliphatic carbocycles. The molecule has 3 aromatic rings. The van der Waals surface area contributed by atoms with Gasteiger partial charge in [0.15, 0.2) is 6.10 Å². The van der Waals surface area contributed by atoms with Crippen molar-refractivity contribution in [2.24, 2.45) is 0 Å². The van der Waals surface area contributed by atoms with E-state index in [1.54, 1.807) is 84.9 Å². The molecule has 0 spiro atoms. The number of aliphatic carboxylic acids is 1. The minimum Gasteiger partial charge on any atom is -0.480 e. The molecule has 3 atom stereocenters. The summed E-state index contributed by atoms with van der Waals surface area (Å²) in [6, 6.07) is 21.6. The lowest BCUT2D eigenvalue weighted by Gasteiger charge is -2.25. The third-order valence-electron chi connectivity index (χ3n) is 5.03. The van der Waals surface area contributed by atoms with Gasteiger partial charge in [-0.25, -0.2) is 4.79 Å². The van der Waals surface area contributed by atoms with E-state index in [-0.39, 0.29) is 6.42 Å². The Kier molecular flexibility index (Phi) is 8.34. The van der Waals surface area contributed by atoms with Crippen molar-refractivity contribution in [3.05, 3.63) is 106 Å². The van der Waals surface area contributed by atoms with E-state index in [0.29, 0.717) is 16.7 Å². The van der Waals surface area contributed by atoms with E-state index in [1.165, 1.54) is 0 Å². The minimum atomic E-state index is -1.72. The number of carboxylic acids is 1. The van der Waals surface area contributed by atoms with Gasteiger partial charge in [0, 0.05) is 16.5 Å². The van der Waals surface area contributed by atoms with Gasteiger partial charge in [-0.1, -0.05) is 76.6 Å². The van der Waals surface area contributed by atoms with Gasteiger partial charge in [-0.2, -0.15) is 0 Å². The first-order valence-corrected chi connectivity index (χ1v) is 11.0. The molecule has 0 aliphatic heterocycles. The van der Waals surface area contributed by atoms with Crippen molar-refractivity contribution in [2.45, 2.75) is 24.6 Å². The zero-order valence-corrected chi connectivity index (χ0v) is 19.1. The summed E-state index contributed by atoms with van der Waals surface area (Å²) in [4.78, 5) is 37.3. The molecule has 0 aliphatic rings. The molecule has 0 heterocycles. The highest BCUT2D eigenvalue weighted by Crippen LogP contribution is 2.19. The van der Waals surface area contributed by atoms with E-state index in [0.717, 1.165) is 4.47 Å². The van der Waals surface area contributed by atoms with Gasteiger partial charge in [-0.05, 0) is 35.4 Å². The van der Waals surface area contributed by atoms with Crippen LogP contribution in [0.5, 0.6) is 0 Å². The van der Waals surface area contributed by atoms with Crippen molar-refractivity contribution in [2.75, 3.05) is 0 Å². The van der Waals surface area contributed by atoms with Crippen molar-refractivity contribution in [1.29, 1.82) is 0 Å². The zero-order chi connectivity index (χ0) is 23.8. The summed E-state index contributed by atoms with van der Waals surface area (Å²) >= 11 is 3.32. The lowest BCUT2D eigenvalue weighted by atomic mass is 9.99. The van der Waals surface area contributed by atoms with Crippen molar-refractivity contribution < 1.29 is 24.6 Å². The summed E-state index contributed by atoms with van der Waals surface area (Å²) in [5.74, 6) is -2.61. The Hall–Kier alpha value is -3.49. The average molecular weight is 511 g/mol. The molecule has 0 bridgehead atoms. The SMILES string of the molecule is O=C(N[C@@H](c1ccccc1)[C@@H](O)C(=O)N[C@H](Cc1ccc(Br)cc1)C(=O)O)c1ccccc1. The maximum absolute atomic E-state index is 12.9. The number of rotatable bonds is 9. The molecule has 0 saturated heterocycles. The first-order chi connectivity index (χ1) is 15.8. The van der Waals surface area contributed by atoms with E-state index < -0.39 is 36.0 Å². The summed E-state index contributed by atoms with van der Waals surface area (Å²) < 4.78 is 0.845. The third-order valence-corrected chi connectivity index (χ3v) is 5.56. The molecule has 0 unspecified atom stereocenters.